The van der Waals surface area contributed by atoms with Crippen LogP contribution in [-0.4, -0.2) is 18.0 Å². The van der Waals surface area contributed by atoms with Crippen molar-refractivity contribution in [3.8, 4) is 6.07 Å². The fraction of sp³-hybridized carbons (Fsp3) is 0.480. The van der Waals surface area contributed by atoms with Crippen LogP contribution in [0.3, 0.4) is 0 Å². The first-order chi connectivity index (χ1) is 14.1. The second kappa shape index (κ2) is 10.8. The number of rotatable bonds is 10. The molecule has 2 aromatic carbocycles. The molecular formula is C25H30Br2N2. The molecule has 0 saturated heterocycles. The zero-order valence-corrected chi connectivity index (χ0v) is 20.4. The molecule has 4 heteroatoms. The van der Waals surface area contributed by atoms with E-state index in [9.17, 15) is 5.26 Å². The molecule has 0 radical (unpaired) electrons. The summed E-state index contributed by atoms with van der Waals surface area (Å²) in [4.78, 5) is 2.54. The average molecular weight is 518 g/mol. The van der Waals surface area contributed by atoms with Crippen LogP contribution in [0, 0.1) is 17.2 Å². The van der Waals surface area contributed by atoms with E-state index < -0.39 is 5.41 Å². The highest BCUT2D eigenvalue weighted by molar-refractivity contribution is 9.11. The first-order valence-corrected chi connectivity index (χ1v) is 12.3. The standard InChI is InChI=1S/C25H30Br2N2/c1-2-16-29(18-20-9-4-3-5-10-20)17-8-15-25(19-28,21-11-6-12-21)24-22(26)13-7-14-23(24)27/h3-5,7,9-10,13-14,21H,2,6,8,11-12,15-18H2,1H3. The summed E-state index contributed by atoms with van der Waals surface area (Å²) in [7, 11) is 0. The van der Waals surface area contributed by atoms with Crippen molar-refractivity contribution in [1.82, 2.24) is 4.90 Å². The van der Waals surface area contributed by atoms with E-state index in [1.807, 2.05) is 6.07 Å². The van der Waals surface area contributed by atoms with Crippen molar-refractivity contribution in [3.63, 3.8) is 0 Å². The lowest BCUT2D eigenvalue weighted by Crippen LogP contribution is -2.39. The van der Waals surface area contributed by atoms with Gasteiger partial charge in [0.2, 0.25) is 0 Å². The van der Waals surface area contributed by atoms with Gasteiger partial charge < -0.3 is 0 Å². The number of halogens is 2. The highest BCUT2D eigenvalue weighted by atomic mass is 79.9. The predicted octanol–water partition coefficient (Wildman–Crippen LogP) is 7.47. The van der Waals surface area contributed by atoms with Gasteiger partial charge in [-0.25, -0.2) is 0 Å². The van der Waals surface area contributed by atoms with Gasteiger partial charge in [-0.05, 0) is 68.8 Å². The van der Waals surface area contributed by atoms with Gasteiger partial charge in [0.15, 0.2) is 0 Å². The van der Waals surface area contributed by atoms with Crippen LogP contribution in [0.25, 0.3) is 0 Å². The third-order valence-electron chi connectivity index (χ3n) is 6.24. The zero-order valence-electron chi connectivity index (χ0n) is 17.2. The van der Waals surface area contributed by atoms with Gasteiger partial charge in [-0.15, -0.1) is 0 Å². The van der Waals surface area contributed by atoms with E-state index in [1.165, 1.54) is 12.0 Å². The van der Waals surface area contributed by atoms with Gasteiger partial charge in [0.05, 0.1) is 11.5 Å². The molecule has 0 aromatic heterocycles. The molecule has 3 rings (SSSR count). The Labute approximate surface area is 192 Å². The number of nitriles is 1. The molecule has 1 atom stereocenters. The van der Waals surface area contributed by atoms with Crippen molar-refractivity contribution in [2.24, 2.45) is 5.92 Å². The smallest absolute Gasteiger partial charge is 0.0872 e. The van der Waals surface area contributed by atoms with Crippen molar-refractivity contribution in [2.45, 2.75) is 57.4 Å². The maximum Gasteiger partial charge on any atom is 0.0872 e. The Morgan fingerprint density at radius 1 is 1.03 bits per heavy atom. The molecule has 1 saturated carbocycles. The minimum Gasteiger partial charge on any atom is -0.299 e. The molecule has 0 bridgehead atoms. The molecular weight excluding hydrogens is 488 g/mol. The molecule has 2 aromatic rings. The number of hydrogen-bond donors (Lipinski definition) is 0. The van der Waals surface area contributed by atoms with Crippen LogP contribution in [0.1, 0.15) is 56.6 Å². The highest BCUT2D eigenvalue weighted by Crippen LogP contribution is 2.50. The molecule has 1 aliphatic rings. The lowest BCUT2D eigenvalue weighted by atomic mass is 9.61. The second-order valence-electron chi connectivity index (χ2n) is 8.17. The molecule has 1 aliphatic carbocycles. The zero-order chi connectivity index (χ0) is 20.7. The SMILES string of the molecule is CCCN(CCCC(C#N)(c1c(Br)cccc1Br)C1CCC1)Cc1ccccc1. The second-order valence-corrected chi connectivity index (χ2v) is 9.88. The summed E-state index contributed by atoms with van der Waals surface area (Å²) in [6, 6.07) is 19.7. The summed E-state index contributed by atoms with van der Waals surface area (Å²) in [6.45, 7) is 5.35. The third-order valence-corrected chi connectivity index (χ3v) is 7.57. The van der Waals surface area contributed by atoms with E-state index in [0.717, 1.165) is 66.2 Å². The van der Waals surface area contributed by atoms with Crippen molar-refractivity contribution in [3.05, 3.63) is 68.6 Å². The van der Waals surface area contributed by atoms with Crippen molar-refractivity contribution < 1.29 is 0 Å². The topological polar surface area (TPSA) is 27.0 Å². The Bertz CT molecular complexity index is 806. The summed E-state index contributed by atoms with van der Waals surface area (Å²) in [5.74, 6) is 0.455. The first-order valence-electron chi connectivity index (χ1n) is 10.7. The fourth-order valence-corrected chi connectivity index (χ4v) is 6.28. The molecule has 0 N–H and O–H groups in total. The molecule has 0 heterocycles. The van der Waals surface area contributed by atoms with Gasteiger partial charge in [0.25, 0.3) is 0 Å². The Balaban J connectivity index is 1.75. The molecule has 0 spiro atoms. The Kier molecular flexibility index (Phi) is 8.35. The van der Waals surface area contributed by atoms with Crippen LogP contribution in [0.15, 0.2) is 57.5 Å². The van der Waals surface area contributed by atoms with Crippen LogP contribution in [0.2, 0.25) is 0 Å². The Morgan fingerprint density at radius 2 is 1.72 bits per heavy atom. The fourth-order valence-electron chi connectivity index (χ4n) is 4.57. The Morgan fingerprint density at radius 3 is 2.28 bits per heavy atom. The van der Waals surface area contributed by atoms with E-state index in [-0.39, 0.29) is 0 Å². The summed E-state index contributed by atoms with van der Waals surface area (Å²) < 4.78 is 2.10. The molecule has 29 heavy (non-hydrogen) atoms. The lowest BCUT2D eigenvalue weighted by molar-refractivity contribution is 0.181. The van der Waals surface area contributed by atoms with Crippen molar-refractivity contribution >= 4 is 31.9 Å². The first kappa shape index (κ1) is 22.5. The minimum atomic E-state index is -0.415. The van der Waals surface area contributed by atoms with E-state index in [1.54, 1.807) is 0 Å². The summed E-state index contributed by atoms with van der Waals surface area (Å²) in [6.07, 6.45) is 6.64. The van der Waals surface area contributed by atoms with Gasteiger partial charge in [-0.2, -0.15) is 5.26 Å². The Hall–Kier alpha value is -1.15. The summed E-state index contributed by atoms with van der Waals surface area (Å²) >= 11 is 7.49. The molecule has 1 unspecified atom stereocenters. The normalized spacial score (nSPS) is 16.2. The van der Waals surface area contributed by atoms with Crippen molar-refractivity contribution in [2.75, 3.05) is 13.1 Å². The maximum absolute atomic E-state index is 10.4. The molecule has 154 valence electrons. The monoisotopic (exact) mass is 516 g/mol. The van der Waals surface area contributed by atoms with Crippen LogP contribution in [0.5, 0.6) is 0 Å². The highest BCUT2D eigenvalue weighted by Gasteiger charge is 2.45. The third kappa shape index (κ3) is 5.32. The number of benzene rings is 2. The summed E-state index contributed by atoms with van der Waals surface area (Å²) in [5, 5.41) is 10.4. The van der Waals surface area contributed by atoms with E-state index in [0.29, 0.717) is 5.92 Å². The van der Waals surface area contributed by atoms with Crippen LogP contribution in [-0.2, 0) is 12.0 Å². The molecule has 2 nitrogen and oxygen atoms in total. The molecule has 0 amide bonds. The lowest BCUT2D eigenvalue weighted by Gasteiger charge is -2.42. The van der Waals surface area contributed by atoms with E-state index in [2.05, 4.69) is 92.2 Å². The molecule has 0 aliphatic heterocycles. The van der Waals surface area contributed by atoms with Gasteiger partial charge in [0, 0.05) is 21.1 Å². The summed E-state index contributed by atoms with van der Waals surface area (Å²) in [5.41, 5.74) is 2.10. The quantitative estimate of drug-likeness (QED) is 0.327. The average Bonchev–Trinajstić information content (AvgIpc) is 2.67. The van der Waals surface area contributed by atoms with Gasteiger partial charge >= 0.3 is 0 Å². The minimum absolute atomic E-state index is 0.415. The van der Waals surface area contributed by atoms with Gasteiger partial charge in [0.1, 0.15) is 0 Å². The number of nitrogens with zero attached hydrogens (tertiary/aromatic N) is 2. The largest absolute Gasteiger partial charge is 0.299 e. The van der Waals surface area contributed by atoms with E-state index in [4.69, 9.17) is 0 Å². The van der Waals surface area contributed by atoms with Gasteiger partial charge in [-0.1, -0.05) is 81.6 Å². The van der Waals surface area contributed by atoms with Crippen LogP contribution in [0.4, 0.5) is 0 Å². The van der Waals surface area contributed by atoms with E-state index >= 15 is 0 Å². The maximum atomic E-state index is 10.4. The number of hydrogen-bond acceptors (Lipinski definition) is 2. The van der Waals surface area contributed by atoms with Crippen LogP contribution < -0.4 is 0 Å². The van der Waals surface area contributed by atoms with Crippen LogP contribution >= 0.6 is 31.9 Å². The van der Waals surface area contributed by atoms with Crippen molar-refractivity contribution in [1.29, 1.82) is 5.26 Å². The van der Waals surface area contributed by atoms with Gasteiger partial charge in [-0.3, -0.25) is 4.90 Å². The molecule has 1 fully saturated rings. The predicted molar refractivity (Wildman–Crippen MR) is 128 cm³/mol.